The van der Waals surface area contributed by atoms with E-state index in [9.17, 15) is 14.4 Å². The number of benzene rings is 1. The number of nitrogens with zero attached hydrogens (tertiary/aromatic N) is 2. The van der Waals surface area contributed by atoms with E-state index in [1.807, 2.05) is 41.9 Å². The fourth-order valence-corrected chi connectivity index (χ4v) is 4.97. The number of imide groups is 1. The minimum Gasteiger partial charge on any atom is -0.361 e. The van der Waals surface area contributed by atoms with Crippen LogP contribution in [0.5, 0.6) is 0 Å². The Balaban J connectivity index is 1.26. The van der Waals surface area contributed by atoms with E-state index >= 15 is 0 Å². The summed E-state index contributed by atoms with van der Waals surface area (Å²) >= 11 is 1.71. The number of hydrogen-bond donors (Lipinski definition) is 2. The number of H-pyrrole nitrogens is 1. The predicted octanol–water partition coefficient (Wildman–Crippen LogP) is 2.28. The molecule has 0 saturated carbocycles. The molecule has 1 unspecified atom stereocenters. The first kappa shape index (κ1) is 17.9. The van der Waals surface area contributed by atoms with E-state index in [-0.39, 0.29) is 18.4 Å². The summed E-state index contributed by atoms with van der Waals surface area (Å²) in [5, 5.41) is 5.80. The zero-order chi connectivity index (χ0) is 20.0. The highest BCUT2D eigenvalue weighted by atomic mass is 32.1. The summed E-state index contributed by atoms with van der Waals surface area (Å²) in [4.78, 5) is 45.2. The minimum atomic E-state index is -0.653. The van der Waals surface area contributed by atoms with Crippen molar-refractivity contribution in [1.82, 2.24) is 20.1 Å². The van der Waals surface area contributed by atoms with Crippen LogP contribution in [0.4, 0.5) is 4.79 Å². The molecule has 3 aromatic rings. The first-order valence-electron chi connectivity index (χ1n) is 9.60. The Hall–Kier alpha value is -3.13. The summed E-state index contributed by atoms with van der Waals surface area (Å²) < 4.78 is 0. The first-order chi connectivity index (χ1) is 14.1. The smallest absolute Gasteiger partial charge is 0.325 e. The highest BCUT2D eigenvalue weighted by Crippen LogP contribution is 2.25. The van der Waals surface area contributed by atoms with Crippen molar-refractivity contribution >= 4 is 40.1 Å². The number of urea groups is 1. The Kier molecular flexibility index (Phi) is 4.35. The van der Waals surface area contributed by atoms with Gasteiger partial charge in [0.05, 0.1) is 0 Å². The Morgan fingerprint density at radius 2 is 2.07 bits per heavy atom. The van der Waals surface area contributed by atoms with E-state index in [0.717, 1.165) is 33.4 Å². The van der Waals surface area contributed by atoms with Gasteiger partial charge in [0.25, 0.3) is 5.91 Å². The lowest BCUT2D eigenvalue weighted by atomic mass is 10.1. The van der Waals surface area contributed by atoms with Gasteiger partial charge < -0.3 is 15.2 Å². The van der Waals surface area contributed by atoms with Crippen molar-refractivity contribution in [2.45, 2.75) is 25.4 Å². The maximum atomic E-state index is 12.8. The van der Waals surface area contributed by atoms with Gasteiger partial charge in [0.1, 0.15) is 12.6 Å². The van der Waals surface area contributed by atoms with E-state index in [4.69, 9.17) is 0 Å². The van der Waals surface area contributed by atoms with Crippen LogP contribution in [0.25, 0.3) is 10.9 Å². The number of carbonyl (C=O) groups excluding carboxylic acids is 3. The molecular weight excluding hydrogens is 388 g/mol. The van der Waals surface area contributed by atoms with Gasteiger partial charge in [0.15, 0.2) is 0 Å². The standard InChI is InChI=1S/C21H20N4O3S/c26-19(24-7-5-18-13(11-24)6-8-29-18)12-25-20(27)17(23-21(25)28)9-14-10-22-16-4-2-1-3-15(14)16/h1-4,6,8,10,17,22H,5,7,9,11-12H2,(H,23,28). The number of aromatic amines is 1. The van der Waals surface area contributed by atoms with Gasteiger partial charge in [-0.05, 0) is 35.1 Å². The third-order valence-corrected chi connectivity index (χ3v) is 6.68. The van der Waals surface area contributed by atoms with Crippen molar-refractivity contribution in [2.75, 3.05) is 13.1 Å². The van der Waals surface area contributed by atoms with Crippen LogP contribution < -0.4 is 5.32 Å². The average molecular weight is 408 g/mol. The van der Waals surface area contributed by atoms with Crippen molar-refractivity contribution in [1.29, 1.82) is 0 Å². The van der Waals surface area contributed by atoms with Crippen molar-refractivity contribution in [3.8, 4) is 0 Å². The number of amides is 4. The SMILES string of the molecule is O=C(CN1C(=O)NC(Cc2c[nH]c3ccccc23)C1=O)N1CCc2sccc2C1. The molecule has 8 heteroatoms. The van der Waals surface area contributed by atoms with Crippen LogP contribution >= 0.6 is 11.3 Å². The number of aromatic nitrogens is 1. The largest absolute Gasteiger partial charge is 0.361 e. The van der Waals surface area contributed by atoms with Crippen molar-refractivity contribution < 1.29 is 14.4 Å². The number of fused-ring (bicyclic) bond motifs is 2. The lowest BCUT2D eigenvalue weighted by Gasteiger charge is -2.28. The van der Waals surface area contributed by atoms with E-state index in [1.165, 1.54) is 4.88 Å². The quantitative estimate of drug-likeness (QED) is 0.650. The van der Waals surface area contributed by atoms with Gasteiger partial charge in [-0.25, -0.2) is 4.79 Å². The molecule has 1 aromatic carbocycles. The second-order valence-corrected chi connectivity index (χ2v) is 8.43. The number of hydrogen-bond acceptors (Lipinski definition) is 4. The summed E-state index contributed by atoms with van der Waals surface area (Å²) in [6.07, 6.45) is 3.08. The zero-order valence-corrected chi connectivity index (χ0v) is 16.5. The molecule has 2 aliphatic rings. The third-order valence-electron chi connectivity index (χ3n) is 5.66. The third kappa shape index (κ3) is 3.19. The molecule has 0 radical (unpaired) electrons. The summed E-state index contributed by atoms with van der Waals surface area (Å²) in [6, 6.07) is 8.72. The molecule has 1 atom stereocenters. The van der Waals surface area contributed by atoms with Crippen LogP contribution in [-0.4, -0.2) is 51.8 Å². The fourth-order valence-electron chi connectivity index (χ4n) is 4.08. The molecule has 2 N–H and O–H groups in total. The number of nitrogens with one attached hydrogen (secondary N) is 2. The van der Waals surface area contributed by atoms with E-state index in [2.05, 4.69) is 10.3 Å². The lowest BCUT2D eigenvalue weighted by Crippen LogP contribution is -2.44. The molecule has 0 bridgehead atoms. The van der Waals surface area contributed by atoms with E-state index < -0.39 is 12.1 Å². The lowest BCUT2D eigenvalue weighted by molar-refractivity contribution is -0.137. The van der Waals surface area contributed by atoms with Gasteiger partial charge in [-0.15, -0.1) is 11.3 Å². The van der Waals surface area contributed by atoms with Gasteiger partial charge in [-0.1, -0.05) is 18.2 Å². The van der Waals surface area contributed by atoms with Crippen LogP contribution in [0.2, 0.25) is 0 Å². The predicted molar refractivity (Wildman–Crippen MR) is 109 cm³/mol. The second kappa shape index (κ2) is 7.04. The minimum absolute atomic E-state index is 0.196. The molecule has 7 nitrogen and oxygen atoms in total. The maximum absolute atomic E-state index is 12.8. The van der Waals surface area contributed by atoms with Gasteiger partial charge >= 0.3 is 6.03 Å². The molecule has 4 amide bonds. The normalized spacial score (nSPS) is 19.0. The average Bonchev–Trinajstić information content (AvgIpc) is 3.42. The molecular formula is C21H20N4O3S. The van der Waals surface area contributed by atoms with Crippen molar-refractivity contribution in [3.05, 3.63) is 57.9 Å². The molecule has 0 spiro atoms. The van der Waals surface area contributed by atoms with Crippen molar-refractivity contribution in [3.63, 3.8) is 0 Å². The monoisotopic (exact) mass is 408 g/mol. The summed E-state index contributed by atoms with van der Waals surface area (Å²) in [6.45, 7) is 0.948. The van der Waals surface area contributed by atoms with E-state index in [0.29, 0.717) is 19.5 Å². The molecule has 2 aromatic heterocycles. The molecule has 1 saturated heterocycles. The molecule has 29 heavy (non-hydrogen) atoms. The van der Waals surface area contributed by atoms with Crippen LogP contribution in [0.3, 0.4) is 0 Å². The van der Waals surface area contributed by atoms with Gasteiger partial charge in [-0.2, -0.15) is 0 Å². The van der Waals surface area contributed by atoms with Crippen LogP contribution in [-0.2, 0) is 29.0 Å². The maximum Gasteiger partial charge on any atom is 0.325 e. The van der Waals surface area contributed by atoms with Crippen LogP contribution in [0.15, 0.2) is 41.9 Å². The van der Waals surface area contributed by atoms with Crippen molar-refractivity contribution in [2.24, 2.45) is 0 Å². The number of carbonyl (C=O) groups is 3. The van der Waals surface area contributed by atoms with Gasteiger partial charge in [-0.3, -0.25) is 14.5 Å². The fraction of sp³-hybridized carbons (Fsp3) is 0.286. The molecule has 4 heterocycles. The van der Waals surface area contributed by atoms with Gasteiger partial charge in [0.2, 0.25) is 5.91 Å². The molecule has 1 fully saturated rings. The molecule has 2 aliphatic heterocycles. The van der Waals surface area contributed by atoms with Crippen LogP contribution in [0, 0.1) is 0 Å². The number of rotatable bonds is 4. The van der Waals surface area contributed by atoms with Crippen LogP contribution in [0.1, 0.15) is 16.0 Å². The highest BCUT2D eigenvalue weighted by molar-refractivity contribution is 7.10. The Morgan fingerprint density at radius 3 is 2.97 bits per heavy atom. The topological polar surface area (TPSA) is 85.5 Å². The Bertz CT molecular complexity index is 1120. The number of thiophene rings is 1. The summed E-state index contributed by atoms with van der Waals surface area (Å²) in [7, 11) is 0. The highest BCUT2D eigenvalue weighted by Gasteiger charge is 2.40. The zero-order valence-electron chi connectivity index (χ0n) is 15.7. The summed E-state index contributed by atoms with van der Waals surface area (Å²) in [5.74, 6) is -0.542. The van der Waals surface area contributed by atoms with E-state index in [1.54, 1.807) is 16.2 Å². The first-order valence-corrected chi connectivity index (χ1v) is 10.5. The second-order valence-electron chi connectivity index (χ2n) is 7.42. The number of para-hydroxylation sites is 1. The summed E-state index contributed by atoms with van der Waals surface area (Å²) in [5.41, 5.74) is 3.11. The molecule has 5 rings (SSSR count). The Morgan fingerprint density at radius 1 is 1.21 bits per heavy atom. The molecule has 148 valence electrons. The molecule has 0 aliphatic carbocycles. The Labute approximate surface area is 171 Å². The van der Waals surface area contributed by atoms with Gasteiger partial charge in [0, 0.05) is 41.5 Å².